The molecular weight excluding hydrogens is 482 g/mol. The van der Waals surface area contributed by atoms with E-state index in [0.717, 1.165) is 15.4 Å². The molecular formula is C26H33NO6SSi. The standard InChI is InChI=1S/C26H33NO6SSi/c1-19-12-14-22(15-13-19)34(30,31)27-17-21(33-35(5,6)26(2,3)4)16-23(24(27)28)25(29)32-18-20-10-8-7-9-11-20/h7-16,21H,17-18H2,1-6H3. The second-order valence-electron chi connectivity index (χ2n) is 10.2. The molecule has 0 N–H and O–H groups in total. The number of sulfonamides is 1. The van der Waals surface area contributed by atoms with Crippen LogP contribution in [0.15, 0.2) is 71.1 Å². The Hall–Kier alpha value is -2.75. The zero-order valence-electron chi connectivity index (χ0n) is 21.1. The lowest BCUT2D eigenvalue weighted by Gasteiger charge is -2.40. The summed E-state index contributed by atoms with van der Waals surface area (Å²) < 4.78 is 39.4. The lowest BCUT2D eigenvalue weighted by Crippen LogP contribution is -2.52. The van der Waals surface area contributed by atoms with E-state index < -0.39 is 36.3 Å². The van der Waals surface area contributed by atoms with Crippen molar-refractivity contribution >= 4 is 30.2 Å². The molecule has 3 rings (SSSR count). The molecule has 0 saturated carbocycles. The molecule has 1 aliphatic rings. The minimum atomic E-state index is -4.21. The summed E-state index contributed by atoms with van der Waals surface area (Å²) in [5.74, 6) is -1.80. The maximum absolute atomic E-state index is 13.4. The molecule has 1 aliphatic heterocycles. The van der Waals surface area contributed by atoms with Crippen LogP contribution in [-0.4, -0.2) is 45.6 Å². The molecule has 1 atom stereocenters. The number of hydrogen-bond donors (Lipinski definition) is 0. The first-order chi connectivity index (χ1) is 16.2. The van der Waals surface area contributed by atoms with Crippen LogP contribution in [-0.2, 0) is 35.4 Å². The first kappa shape index (κ1) is 26.8. The van der Waals surface area contributed by atoms with Crippen molar-refractivity contribution in [3.05, 3.63) is 77.4 Å². The van der Waals surface area contributed by atoms with Crippen LogP contribution in [0.3, 0.4) is 0 Å². The van der Waals surface area contributed by atoms with Crippen molar-refractivity contribution in [1.29, 1.82) is 0 Å². The van der Waals surface area contributed by atoms with Gasteiger partial charge in [-0.2, -0.15) is 0 Å². The summed E-state index contributed by atoms with van der Waals surface area (Å²) in [6.07, 6.45) is 0.644. The van der Waals surface area contributed by atoms with Crippen molar-refractivity contribution in [2.45, 2.75) is 63.4 Å². The molecule has 0 aromatic heterocycles. The van der Waals surface area contributed by atoms with E-state index in [4.69, 9.17) is 9.16 Å². The fourth-order valence-corrected chi connectivity index (χ4v) is 5.97. The predicted octanol–water partition coefficient (Wildman–Crippen LogP) is 4.59. The van der Waals surface area contributed by atoms with Gasteiger partial charge in [-0.05, 0) is 48.8 Å². The van der Waals surface area contributed by atoms with Gasteiger partial charge in [0.1, 0.15) is 12.2 Å². The fourth-order valence-electron chi connectivity index (χ4n) is 3.32. The largest absolute Gasteiger partial charge is 0.457 e. The van der Waals surface area contributed by atoms with Crippen molar-refractivity contribution in [3.63, 3.8) is 0 Å². The van der Waals surface area contributed by atoms with Crippen LogP contribution < -0.4 is 0 Å². The van der Waals surface area contributed by atoms with Gasteiger partial charge in [0, 0.05) is 0 Å². The van der Waals surface area contributed by atoms with Gasteiger partial charge < -0.3 is 9.16 Å². The van der Waals surface area contributed by atoms with Crippen LogP contribution in [0.1, 0.15) is 31.9 Å². The molecule has 0 fully saturated rings. The average molecular weight is 516 g/mol. The summed E-state index contributed by atoms with van der Waals surface area (Å²) in [6.45, 7) is 11.8. The molecule has 188 valence electrons. The summed E-state index contributed by atoms with van der Waals surface area (Å²) >= 11 is 0. The fraction of sp³-hybridized carbons (Fsp3) is 0.385. The molecule has 0 bridgehead atoms. The quantitative estimate of drug-likeness (QED) is 0.304. The Morgan fingerprint density at radius 3 is 2.23 bits per heavy atom. The Morgan fingerprint density at radius 2 is 1.66 bits per heavy atom. The Morgan fingerprint density at radius 1 is 1.06 bits per heavy atom. The average Bonchev–Trinajstić information content (AvgIpc) is 2.78. The van der Waals surface area contributed by atoms with E-state index in [2.05, 4.69) is 20.8 Å². The predicted molar refractivity (Wildman–Crippen MR) is 136 cm³/mol. The van der Waals surface area contributed by atoms with E-state index in [1.165, 1.54) is 18.2 Å². The topological polar surface area (TPSA) is 90.0 Å². The number of ether oxygens (including phenoxy) is 1. The molecule has 0 radical (unpaired) electrons. The molecule has 9 heteroatoms. The van der Waals surface area contributed by atoms with Crippen LogP contribution in [0.2, 0.25) is 18.1 Å². The van der Waals surface area contributed by atoms with Crippen LogP contribution in [0.4, 0.5) is 0 Å². The van der Waals surface area contributed by atoms with E-state index in [9.17, 15) is 18.0 Å². The van der Waals surface area contributed by atoms with Crippen LogP contribution in [0.25, 0.3) is 0 Å². The highest BCUT2D eigenvalue weighted by Gasteiger charge is 2.44. The van der Waals surface area contributed by atoms with Gasteiger partial charge in [-0.15, -0.1) is 0 Å². The number of nitrogens with zero attached hydrogens (tertiary/aromatic N) is 1. The molecule has 0 aliphatic carbocycles. The number of aryl methyl sites for hydroxylation is 1. The van der Waals surface area contributed by atoms with Gasteiger partial charge in [0.05, 0.1) is 17.5 Å². The van der Waals surface area contributed by atoms with Crippen molar-refractivity contribution in [1.82, 2.24) is 4.31 Å². The molecule has 1 unspecified atom stereocenters. The van der Waals surface area contributed by atoms with Gasteiger partial charge in [0.2, 0.25) is 0 Å². The molecule has 0 spiro atoms. The maximum Gasteiger partial charge on any atom is 0.343 e. The van der Waals surface area contributed by atoms with Gasteiger partial charge in [0.15, 0.2) is 8.32 Å². The monoisotopic (exact) mass is 515 g/mol. The van der Waals surface area contributed by atoms with Gasteiger partial charge in [-0.25, -0.2) is 17.5 Å². The number of hydrogen-bond acceptors (Lipinski definition) is 6. The molecule has 1 heterocycles. The minimum Gasteiger partial charge on any atom is -0.457 e. The van der Waals surface area contributed by atoms with Gasteiger partial charge in [-0.3, -0.25) is 4.79 Å². The Labute approximate surface area is 208 Å². The van der Waals surface area contributed by atoms with E-state index in [0.29, 0.717) is 0 Å². The Bertz CT molecular complexity index is 1210. The van der Waals surface area contributed by atoms with Crippen LogP contribution in [0, 0.1) is 6.92 Å². The molecule has 35 heavy (non-hydrogen) atoms. The van der Waals surface area contributed by atoms with Gasteiger partial charge in [-0.1, -0.05) is 68.8 Å². The van der Waals surface area contributed by atoms with E-state index in [1.54, 1.807) is 24.3 Å². The van der Waals surface area contributed by atoms with E-state index in [-0.39, 0.29) is 28.7 Å². The first-order valence-corrected chi connectivity index (χ1v) is 15.8. The molecule has 1 amide bonds. The first-order valence-electron chi connectivity index (χ1n) is 11.5. The number of rotatable bonds is 7. The third-order valence-electron chi connectivity index (χ3n) is 6.45. The number of esters is 1. The lowest BCUT2D eigenvalue weighted by atomic mass is 10.1. The van der Waals surface area contributed by atoms with Crippen molar-refractivity contribution in [3.8, 4) is 0 Å². The highest BCUT2D eigenvalue weighted by atomic mass is 32.2. The van der Waals surface area contributed by atoms with Crippen molar-refractivity contribution in [2.75, 3.05) is 6.54 Å². The number of carbonyl (C=O) groups is 2. The second-order valence-corrected chi connectivity index (χ2v) is 16.8. The third-order valence-corrected chi connectivity index (χ3v) is 12.7. The van der Waals surface area contributed by atoms with Crippen LogP contribution >= 0.6 is 0 Å². The maximum atomic E-state index is 13.4. The highest BCUT2D eigenvalue weighted by Crippen LogP contribution is 2.38. The van der Waals surface area contributed by atoms with Crippen molar-refractivity contribution in [2.24, 2.45) is 0 Å². The summed E-state index contributed by atoms with van der Waals surface area (Å²) in [5, 5.41) is -0.156. The number of benzene rings is 2. The summed E-state index contributed by atoms with van der Waals surface area (Å²) in [6, 6.07) is 15.3. The number of carbonyl (C=O) groups excluding carboxylic acids is 2. The van der Waals surface area contributed by atoms with E-state index >= 15 is 0 Å². The molecule has 2 aromatic rings. The molecule has 2 aromatic carbocycles. The second kappa shape index (κ2) is 10.1. The SMILES string of the molecule is Cc1ccc(S(=O)(=O)N2CC(O[Si](C)(C)C(C)(C)C)C=C(C(=O)OCc3ccccc3)C2=O)cc1. The lowest BCUT2D eigenvalue weighted by molar-refractivity contribution is -0.143. The van der Waals surface area contributed by atoms with Crippen LogP contribution in [0.5, 0.6) is 0 Å². The Kier molecular flexibility index (Phi) is 7.73. The normalized spacial score (nSPS) is 17.2. The zero-order valence-corrected chi connectivity index (χ0v) is 22.9. The summed E-state index contributed by atoms with van der Waals surface area (Å²) in [7, 11) is -6.57. The van der Waals surface area contributed by atoms with Crippen molar-refractivity contribution < 1.29 is 27.2 Å². The zero-order chi connectivity index (χ0) is 26.0. The molecule has 7 nitrogen and oxygen atoms in total. The molecule has 0 saturated heterocycles. The van der Waals surface area contributed by atoms with Gasteiger partial charge in [0.25, 0.3) is 15.9 Å². The minimum absolute atomic E-state index is 0.0265. The summed E-state index contributed by atoms with van der Waals surface area (Å²) in [5.41, 5.74) is 1.30. The van der Waals surface area contributed by atoms with E-state index in [1.807, 2.05) is 38.2 Å². The Balaban J connectivity index is 1.96. The smallest absolute Gasteiger partial charge is 0.343 e. The van der Waals surface area contributed by atoms with Gasteiger partial charge >= 0.3 is 5.97 Å². The number of amides is 1. The third kappa shape index (κ3) is 6.09. The summed E-state index contributed by atoms with van der Waals surface area (Å²) in [4.78, 5) is 26.2. The highest BCUT2D eigenvalue weighted by molar-refractivity contribution is 7.89.